The third kappa shape index (κ3) is 4.89. The molecule has 0 bridgehead atoms. The molecule has 9 nitrogen and oxygen atoms in total. The van der Waals surface area contributed by atoms with Crippen molar-refractivity contribution in [3.63, 3.8) is 0 Å². The molecule has 0 aliphatic heterocycles. The minimum absolute atomic E-state index is 0.190. The van der Waals surface area contributed by atoms with Gasteiger partial charge in [0.25, 0.3) is 0 Å². The number of thioether (sulfide) groups is 1. The number of primary amides is 1. The van der Waals surface area contributed by atoms with E-state index in [0.29, 0.717) is 46.5 Å². The first-order valence-corrected chi connectivity index (χ1v) is 10.4. The minimum Gasteiger partial charge on any atom is -0.467 e. The van der Waals surface area contributed by atoms with Crippen LogP contribution in [-0.4, -0.2) is 30.9 Å². The lowest BCUT2D eigenvalue weighted by molar-refractivity contribution is -0.118. The van der Waals surface area contributed by atoms with Gasteiger partial charge in [-0.2, -0.15) is 0 Å². The van der Waals surface area contributed by atoms with Crippen LogP contribution in [0.2, 0.25) is 5.02 Å². The molecule has 0 unspecified atom stereocenters. The fourth-order valence-electron chi connectivity index (χ4n) is 2.71. The van der Waals surface area contributed by atoms with Gasteiger partial charge in [-0.15, -0.1) is 20.4 Å². The maximum Gasteiger partial charge on any atom is 0.247 e. The highest BCUT2D eigenvalue weighted by atomic mass is 35.5. The number of carbonyl (C=O) groups excluding carboxylic acids is 1. The summed E-state index contributed by atoms with van der Waals surface area (Å²) in [5, 5.41) is 17.9. The summed E-state index contributed by atoms with van der Waals surface area (Å²) >= 11 is 7.31. The van der Waals surface area contributed by atoms with Crippen LogP contribution in [0.1, 0.15) is 23.9 Å². The molecule has 3 heterocycles. The third-order valence-corrected chi connectivity index (χ3v) is 5.37. The van der Waals surface area contributed by atoms with Gasteiger partial charge in [0.05, 0.1) is 18.6 Å². The number of halogens is 1. The zero-order valence-electron chi connectivity index (χ0n) is 15.7. The summed E-state index contributed by atoms with van der Waals surface area (Å²) in [4.78, 5) is 11.2. The number of carbonyl (C=O) groups is 1. The predicted octanol–water partition coefficient (Wildman–Crippen LogP) is 3.33. The van der Waals surface area contributed by atoms with Crippen LogP contribution in [0.3, 0.4) is 0 Å². The lowest BCUT2D eigenvalue weighted by atomic mass is 10.2. The number of rotatable bonds is 9. The average Bonchev–Trinajstić information content (AvgIpc) is 3.48. The maximum absolute atomic E-state index is 11.2. The smallest absolute Gasteiger partial charge is 0.247 e. The molecule has 0 saturated carbocycles. The zero-order chi connectivity index (χ0) is 20.9. The molecule has 11 heteroatoms. The molecular formula is C19H17ClN6O3S. The number of hydrogen-bond acceptors (Lipinski definition) is 8. The van der Waals surface area contributed by atoms with E-state index in [1.165, 1.54) is 11.8 Å². The van der Waals surface area contributed by atoms with E-state index in [-0.39, 0.29) is 6.42 Å². The summed E-state index contributed by atoms with van der Waals surface area (Å²) in [6, 6.07) is 10.8. The second kappa shape index (κ2) is 9.14. The largest absolute Gasteiger partial charge is 0.467 e. The lowest BCUT2D eigenvalue weighted by Gasteiger charge is -2.07. The van der Waals surface area contributed by atoms with Crippen LogP contribution in [0.4, 0.5) is 0 Å². The van der Waals surface area contributed by atoms with E-state index in [0.717, 1.165) is 11.3 Å². The van der Waals surface area contributed by atoms with Crippen molar-refractivity contribution in [3.8, 4) is 11.5 Å². The van der Waals surface area contributed by atoms with Gasteiger partial charge in [-0.25, -0.2) is 0 Å². The Morgan fingerprint density at radius 2 is 1.97 bits per heavy atom. The van der Waals surface area contributed by atoms with Gasteiger partial charge < -0.3 is 14.6 Å². The topological polar surface area (TPSA) is 126 Å². The van der Waals surface area contributed by atoms with Crippen molar-refractivity contribution in [3.05, 3.63) is 65.2 Å². The fraction of sp³-hybridized carbons (Fsp3) is 0.211. The summed E-state index contributed by atoms with van der Waals surface area (Å²) in [6.45, 7) is 0.441. The first-order chi connectivity index (χ1) is 14.6. The van der Waals surface area contributed by atoms with Gasteiger partial charge >= 0.3 is 0 Å². The molecule has 0 radical (unpaired) electrons. The molecule has 0 atom stereocenters. The van der Waals surface area contributed by atoms with Crippen LogP contribution in [0.15, 0.2) is 56.7 Å². The van der Waals surface area contributed by atoms with Crippen molar-refractivity contribution in [2.24, 2.45) is 5.73 Å². The standard InChI is InChI=1S/C19H17ClN6O3S/c20-13-5-3-12(4-6-13)18-24-23-17(29-18)11-30-19-25-22-16(8-7-15(21)27)26(19)10-14-2-1-9-28-14/h1-6,9H,7-8,10-11H2,(H2,21,27). The molecular weight excluding hydrogens is 428 g/mol. The Hall–Kier alpha value is -3.11. The van der Waals surface area contributed by atoms with E-state index in [4.69, 9.17) is 26.2 Å². The third-order valence-electron chi connectivity index (χ3n) is 4.17. The average molecular weight is 445 g/mol. The van der Waals surface area contributed by atoms with Crippen LogP contribution in [0.5, 0.6) is 0 Å². The van der Waals surface area contributed by atoms with E-state index in [1.54, 1.807) is 18.4 Å². The van der Waals surface area contributed by atoms with Gasteiger partial charge in [0.2, 0.25) is 17.7 Å². The number of nitrogens with two attached hydrogens (primary N) is 1. The number of benzene rings is 1. The van der Waals surface area contributed by atoms with Gasteiger partial charge in [-0.1, -0.05) is 23.4 Å². The van der Waals surface area contributed by atoms with Crippen LogP contribution in [0, 0.1) is 0 Å². The number of aryl methyl sites for hydroxylation is 1. The SMILES string of the molecule is NC(=O)CCc1nnc(SCc2nnc(-c3ccc(Cl)cc3)o2)n1Cc1ccco1. The Bertz CT molecular complexity index is 1120. The number of hydrogen-bond donors (Lipinski definition) is 1. The minimum atomic E-state index is -0.391. The van der Waals surface area contributed by atoms with Crippen molar-refractivity contribution in [2.75, 3.05) is 0 Å². The Kier molecular flexibility index (Phi) is 6.15. The first kappa shape index (κ1) is 20.2. The van der Waals surface area contributed by atoms with Crippen LogP contribution in [-0.2, 0) is 23.5 Å². The van der Waals surface area contributed by atoms with E-state index in [9.17, 15) is 4.79 Å². The van der Waals surface area contributed by atoms with Crippen molar-refractivity contribution in [1.82, 2.24) is 25.0 Å². The second-order valence-corrected chi connectivity index (χ2v) is 7.71. The Morgan fingerprint density at radius 3 is 2.70 bits per heavy atom. The van der Waals surface area contributed by atoms with E-state index in [1.807, 2.05) is 28.8 Å². The normalized spacial score (nSPS) is 11.1. The van der Waals surface area contributed by atoms with Gasteiger partial charge in [0, 0.05) is 23.4 Å². The summed E-state index contributed by atoms with van der Waals surface area (Å²) in [7, 11) is 0. The Labute approximate surface area is 180 Å². The number of nitrogens with zero attached hydrogens (tertiary/aromatic N) is 5. The van der Waals surface area contributed by atoms with Gasteiger partial charge in [0.15, 0.2) is 5.16 Å². The van der Waals surface area contributed by atoms with Gasteiger partial charge in [-0.05, 0) is 36.4 Å². The van der Waals surface area contributed by atoms with E-state index in [2.05, 4.69) is 20.4 Å². The van der Waals surface area contributed by atoms with Gasteiger partial charge in [-0.3, -0.25) is 9.36 Å². The summed E-state index contributed by atoms with van der Waals surface area (Å²) in [5.74, 6) is 2.29. The summed E-state index contributed by atoms with van der Waals surface area (Å²) in [5.41, 5.74) is 6.06. The van der Waals surface area contributed by atoms with Gasteiger partial charge in [0.1, 0.15) is 11.6 Å². The molecule has 0 spiro atoms. The van der Waals surface area contributed by atoms with Crippen molar-refractivity contribution < 1.29 is 13.6 Å². The number of aromatic nitrogens is 5. The maximum atomic E-state index is 11.2. The summed E-state index contributed by atoms with van der Waals surface area (Å²) in [6.07, 6.45) is 2.19. The van der Waals surface area contributed by atoms with Crippen molar-refractivity contribution >= 4 is 29.3 Å². The van der Waals surface area contributed by atoms with Crippen molar-refractivity contribution in [2.45, 2.75) is 30.3 Å². The molecule has 0 fully saturated rings. The molecule has 30 heavy (non-hydrogen) atoms. The van der Waals surface area contributed by atoms with Crippen LogP contribution >= 0.6 is 23.4 Å². The quantitative estimate of drug-likeness (QED) is 0.389. The molecule has 2 N–H and O–H groups in total. The van der Waals surface area contributed by atoms with Crippen LogP contribution in [0.25, 0.3) is 11.5 Å². The molecule has 1 aromatic carbocycles. The monoisotopic (exact) mass is 444 g/mol. The lowest BCUT2D eigenvalue weighted by Crippen LogP contribution is -2.14. The summed E-state index contributed by atoms with van der Waals surface area (Å²) < 4.78 is 13.1. The van der Waals surface area contributed by atoms with Crippen LogP contribution < -0.4 is 5.73 Å². The highest BCUT2D eigenvalue weighted by Crippen LogP contribution is 2.26. The Morgan fingerprint density at radius 1 is 1.13 bits per heavy atom. The molecule has 1 amide bonds. The molecule has 4 rings (SSSR count). The highest BCUT2D eigenvalue weighted by molar-refractivity contribution is 7.98. The number of amides is 1. The van der Waals surface area contributed by atoms with E-state index >= 15 is 0 Å². The molecule has 0 aliphatic carbocycles. The zero-order valence-corrected chi connectivity index (χ0v) is 17.3. The molecule has 0 saturated heterocycles. The van der Waals surface area contributed by atoms with Crippen molar-refractivity contribution in [1.29, 1.82) is 0 Å². The molecule has 154 valence electrons. The second-order valence-electron chi connectivity index (χ2n) is 6.33. The molecule has 4 aromatic rings. The fourth-order valence-corrected chi connectivity index (χ4v) is 3.63. The molecule has 0 aliphatic rings. The first-order valence-electron chi connectivity index (χ1n) is 9.02. The Balaban J connectivity index is 1.48. The number of furan rings is 1. The van der Waals surface area contributed by atoms with E-state index < -0.39 is 5.91 Å². The molecule has 3 aromatic heterocycles. The predicted molar refractivity (Wildman–Crippen MR) is 110 cm³/mol. The highest BCUT2D eigenvalue weighted by Gasteiger charge is 2.17.